The van der Waals surface area contributed by atoms with E-state index in [4.69, 9.17) is 0 Å². The number of nitrogens with zero attached hydrogens (tertiary/aromatic N) is 2. The van der Waals surface area contributed by atoms with Gasteiger partial charge in [0.25, 0.3) is 5.69 Å². The molecule has 19 heavy (non-hydrogen) atoms. The van der Waals surface area contributed by atoms with Crippen LogP contribution in [0.1, 0.15) is 19.3 Å². The molecule has 5 nitrogen and oxygen atoms in total. The molecule has 1 aromatic carbocycles. The molecule has 1 aromatic rings. The first kappa shape index (κ1) is 14.3. The van der Waals surface area contributed by atoms with E-state index in [1.165, 1.54) is 6.07 Å². The number of benzene rings is 1. The molecule has 1 unspecified atom stereocenters. The Bertz CT molecular complexity index is 467. The second-order valence-electron chi connectivity index (χ2n) is 5.00. The lowest BCUT2D eigenvalue weighted by molar-refractivity contribution is -0.384. The topological polar surface area (TPSA) is 58.4 Å². The molecule has 1 heterocycles. The highest BCUT2D eigenvalue weighted by Gasteiger charge is 2.17. The normalized spacial score (nSPS) is 20.8. The van der Waals surface area contributed by atoms with Crippen molar-refractivity contribution in [2.45, 2.75) is 25.3 Å². The van der Waals surface area contributed by atoms with E-state index in [-0.39, 0.29) is 10.6 Å². The molecule has 1 saturated heterocycles. The van der Waals surface area contributed by atoms with E-state index in [9.17, 15) is 10.1 Å². The van der Waals surface area contributed by atoms with Crippen LogP contribution in [0, 0.1) is 10.1 Å². The third-order valence-electron chi connectivity index (χ3n) is 3.47. The Hall–Kier alpha value is -1.14. The lowest BCUT2D eigenvalue weighted by Crippen LogP contribution is -2.23. The SMILES string of the molecule is CN1CCCC(Nc2cc([N+](=O)[O-])ccc2Br)CC1. The summed E-state index contributed by atoms with van der Waals surface area (Å²) in [4.78, 5) is 12.8. The highest BCUT2D eigenvalue weighted by molar-refractivity contribution is 9.10. The van der Waals surface area contributed by atoms with Crippen LogP contribution in [0.15, 0.2) is 22.7 Å². The molecule has 0 aromatic heterocycles. The Morgan fingerprint density at radius 1 is 1.42 bits per heavy atom. The first-order chi connectivity index (χ1) is 9.06. The fourth-order valence-electron chi connectivity index (χ4n) is 2.34. The zero-order chi connectivity index (χ0) is 13.8. The molecule has 1 aliphatic heterocycles. The van der Waals surface area contributed by atoms with Crippen LogP contribution in [-0.2, 0) is 0 Å². The summed E-state index contributed by atoms with van der Waals surface area (Å²) in [5, 5.41) is 14.2. The molecule has 1 atom stereocenters. The standard InChI is InChI=1S/C13H18BrN3O2/c1-16-7-2-3-10(6-8-16)15-13-9-11(17(18)19)4-5-12(13)14/h4-5,9-10,15H,2-3,6-8H2,1H3. The van der Waals surface area contributed by atoms with Gasteiger partial charge in [-0.2, -0.15) is 0 Å². The van der Waals surface area contributed by atoms with E-state index in [2.05, 4.69) is 33.2 Å². The monoisotopic (exact) mass is 327 g/mol. The number of likely N-dealkylation sites (tertiary alicyclic amines) is 1. The van der Waals surface area contributed by atoms with Gasteiger partial charge in [0.2, 0.25) is 0 Å². The number of nitro benzene ring substituents is 1. The van der Waals surface area contributed by atoms with Crippen LogP contribution in [0.4, 0.5) is 11.4 Å². The molecular formula is C13H18BrN3O2. The fraction of sp³-hybridized carbons (Fsp3) is 0.538. The van der Waals surface area contributed by atoms with Crippen LogP contribution in [0.25, 0.3) is 0 Å². The van der Waals surface area contributed by atoms with Gasteiger partial charge in [-0.3, -0.25) is 10.1 Å². The number of hydrogen-bond donors (Lipinski definition) is 1. The maximum Gasteiger partial charge on any atom is 0.271 e. The summed E-state index contributed by atoms with van der Waals surface area (Å²) in [7, 11) is 2.13. The first-order valence-corrected chi connectivity index (χ1v) is 7.24. The molecule has 1 aliphatic rings. The highest BCUT2D eigenvalue weighted by atomic mass is 79.9. The highest BCUT2D eigenvalue weighted by Crippen LogP contribution is 2.29. The third-order valence-corrected chi connectivity index (χ3v) is 4.16. The molecule has 6 heteroatoms. The second kappa shape index (κ2) is 6.34. The predicted molar refractivity (Wildman–Crippen MR) is 79.6 cm³/mol. The van der Waals surface area contributed by atoms with Crippen LogP contribution in [0.2, 0.25) is 0 Å². The van der Waals surface area contributed by atoms with E-state index >= 15 is 0 Å². The van der Waals surface area contributed by atoms with Gasteiger partial charge in [-0.25, -0.2) is 0 Å². The van der Waals surface area contributed by atoms with Crippen molar-refractivity contribution in [3.63, 3.8) is 0 Å². The largest absolute Gasteiger partial charge is 0.381 e. The minimum Gasteiger partial charge on any atom is -0.381 e. The van der Waals surface area contributed by atoms with Crippen molar-refractivity contribution in [2.75, 3.05) is 25.5 Å². The molecule has 0 amide bonds. The van der Waals surface area contributed by atoms with Crippen LogP contribution in [-0.4, -0.2) is 36.0 Å². The number of non-ortho nitro benzene ring substituents is 1. The van der Waals surface area contributed by atoms with E-state index in [1.54, 1.807) is 12.1 Å². The molecule has 0 bridgehead atoms. The minimum atomic E-state index is -0.363. The van der Waals surface area contributed by atoms with Gasteiger partial charge >= 0.3 is 0 Å². The molecule has 2 rings (SSSR count). The number of nitrogens with one attached hydrogen (secondary N) is 1. The summed E-state index contributed by atoms with van der Waals surface area (Å²) < 4.78 is 0.871. The van der Waals surface area contributed by atoms with Crippen molar-refractivity contribution in [2.24, 2.45) is 0 Å². The van der Waals surface area contributed by atoms with Gasteiger partial charge in [-0.1, -0.05) is 0 Å². The molecule has 104 valence electrons. The Labute approximate surface area is 121 Å². The van der Waals surface area contributed by atoms with Crippen molar-refractivity contribution in [1.82, 2.24) is 4.90 Å². The molecular weight excluding hydrogens is 310 g/mol. The third kappa shape index (κ3) is 3.91. The van der Waals surface area contributed by atoms with Gasteiger partial charge in [0.1, 0.15) is 0 Å². The Morgan fingerprint density at radius 3 is 2.95 bits per heavy atom. The van der Waals surface area contributed by atoms with Crippen molar-refractivity contribution < 1.29 is 4.92 Å². The summed E-state index contributed by atoms with van der Waals surface area (Å²) in [5.41, 5.74) is 0.931. The average Bonchev–Trinajstić information content (AvgIpc) is 2.57. The van der Waals surface area contributed by atoms with Gasteiger partial charge in [0.05, 0.1) is 10.6 Å². The molecule has 0 saturated carbocycles. The second-order valence-corrected chi connectivity index (χ2v) is 5.85. The Balaban J connectivity index is 2.09. The zero-order valence-electron chi connectivity index (χ0n) is 10.9. The number of anilines is 1. The Morgan fingerprint density at radius 2 is 2.21 bits per heavy atom. The van der Waals surface area contributed by atoms with Gasteiger partial charge < -0.3 is 10.2 Å². The number of nitro groups is 1. The average molecular weight is 328 g/mol. The zero-order valence-corrected chi connectivity index (χ0v) is 12.5. The van der Waals surface area contributed by atoms with Gasteiger partial charge in [0.15, 0.2) is 0 Å². The van der Waals surface area contributed by atoms with Crippen molar-refractivity contribution in [3.8, 4) is 0 Å². The van der Waals surface area contributed by atoms with Crippen molar-refractivity contribution >= 4 is 27.3 Å². The lowest BCUT2D eigenvalue weighted by Gasteiger charge is -2.18. The van der Waals surface area contributed by atoms with E-state index in [0.29, 0.717) is 6.04 Å². The molecule has 0 aliphatic carbocycles. The van der Waals surface area contributed by atoms with E-state index in [1.807, 2.05) is 0 Å². The first-order valence-electron chi connectivity index (χ1n) is 6.45. The van der Waals surface area contributed by atoms with Crippen molar-refractivity contribution in [3.05, 3.63) is 32.8 Å². The Kier molecular flexibility index (Phi) is 4.76. The van der Waals surface area contributed by atoms with Crippen LogP contribution in [0.5, 0.6) is 0 Å². The molecule has 0 spiro atoms. The molecule has 1 N–H and O–H groups in total. The van der Waals surface area contributed by atoms with Gasteiger partial charge in [0, 0.05) is 22.6 Å². The minimum absolute atomic E-state index is 0.122. The van der Waals surface area contributed by atoms with Crippen LogP contribution >= 0.6 is 15.9 Å². The molecule has 1 fully saturated rings. The smallest absolute Gasteiger partial charge is 0.271 e. The maximum atomic E-state index is 10.8. The summed E-state index contributed by atoms with van der Waals surface area (Å²) in [6, 6.07) is 5.21. The lowest BCUT2D eigenvalue weighted by atomic mass is 10.1. The molecule has 0 radical (unpaired) electrons. The number of hydrogen-bond acceptors (Lipinski definition) is 4. The quantitative estimate of drug-likeness (QED) is 0.683. The number of halogens is 1. The van der Waals surface area contributed by atoms with E-state index < -0.39 is 0 Å². The van der Waals surface area contributed by atoms with Crippen LogP contribution in [0.3, 0.4) is 0 Å². The summed E-state index contributed by atoms with van der Waals surface area (Å²) in [6.07, 6.45) is 3.31. The summed E-state index contributed by atoms with van der Waals surface area (Å²) in [5.74, 6) is 0. The maximum absolute atomic E-state index is 10.8. The summed E-state index contributed by atoms with van der Waals surface area (Å²) >= 11 is 3.44. The van der Waals surface area contributed by atoms with Crippen molar-refractivity contribution in [1.29, 1.82) is 0 Å². The van der Waals surface area contributed by atoms with Crippen LogP contribution < -0.4 is 5.32 Å². The van der Waals surface area contributed by atoms with E-state index in [0.717, 1.165) is 42.5 Å². The predicted octanol–water partition coefficient (Wildman–Crippen LogP) is 3.25. The number of rotatable bonds is 3. The fourth-order valence-corrected chi connectivity index (χ4v) is 2.70. The van der Waals surface area contributed by atoms with Gasteiger partial charge in [-0.15, -0.1) is 0 Å². The van der Waals surface area contributed by atoms with Gasteiger partial charge in [-0.05, 0) is 61.4 Å². The summed E-state index contributed by atoms with van der Waals surface area (Å²) in [6.45, 7) is 2.18.